The Morgan fingerprint density at radius 1 is 1.20 bits per heavy atom. The van der Waals surface area contributed by atoms with Gasteiger partial charge in [-0.1, -0.05) is 26.7 Å². The summed E-state index contributed by atoms with van der Waals surface area (Å²) in [5.74, 6) is -0.303. The number of carbonyl (C=O) groups excluding carboxylic acids is 2. The molecule has 0 saturated heterocycles. The number of nitrogens with two attached hydrogens (primary N) is 1. The first-order chi connectivity index (χ1) is 9.24. The van der Waals surface area contributed by atoms with Crippen molar-refractivity contribution < 1.29 is 14.3 Å². The molecular formula is C15H28N2O3. The van der Waals surface area contributed by atoms with Gasteiger partial charge in [0.15, 0.2) is 0 Å². The summed E-state index contributed by atoms with van der Waals surface area (Å²) in [6, 6.07) is -0.606. The normalized spacial score (nSPS) is 19.1. The highest BCUT2D eigenvalue weighted by Crippen LogP contribution is 2.27. The van der Waals surface area contributed by atoms with Gasteiger partial charge < -0.3 is 15.8 Å². The molecule has 1 aliphatic carbocycles. The summed E-state index contributed by atoms with van der Waals surface area (Å²) in [6.45, 7) is 7.62. The number of rotatable bonds is 6. The van der Waals surface area contributed by atoms with Crippen molar-refractivity contribution in [1.82, 2.24) is 5.32 Å². The fourth-order valence-electron chi connectivity index (χ4n) is 2.53. The van der Waals surface area contributed by atoms with Crippen molar-refractivity contribution >= 4 is 11.9 Å². The SMILES string of the molecule is CC(C)C[C@H](NC(=O)C1(N)CCCC1)C(=O)OC(C)C. The molecule has 5 nitrogen and oxygen atoms in total. The maximum absolute atomic E-state index is 12.3. The maximum Gasteiger partial charge on any atom is 0.328 e. The Kier molecular flexibility index (Phi) is 5.99. The molecule has 1 amide bonds. The Morgan fingerprint density at radius 2 is 1.75 bits per heavy atom. The molecule has 0 aliphatic heterocycles. The fourth-order valence-corrected chi connectivity index (χ4v) is 2.53. The van der Waals surface area contributed by atoms with Crippen molar-refractivity contribution in [3.05, 3.63) is 0 Å². The van der Waals surface area contributed by atoms with Crippen LogP contribution in [0.5, 0.6) is 0 Å². The van der Waals surface area contributed by atoms with E-state index in [9.17, 15) is 9.59 Å². The van der Waals surface area contributed by atoms with Gasteiger partial charge in [-0.05, 0) is 39.0 Å². The van der Waals surface area contributed by atoms with Crippen LogP contribution in [0, 0.1) is 5.92 Å². The lowest BCUT2D eigenvalue weighted by molar-refractivity contribution is -0.152. The van der Waals surface area contributed by atoms with Gasteiger partial charge in [-0.25, -0.2) is 4.79 Å². The van der Waals surface area contributed by atoms with Crippen molar-refractivity contribution in [3.63, 3.8) is 0 Å². The first-order valence-electron chi connectivity index (χ1n) is 7.55. The Hall–Kier alpha value is -1.10. The van der Waals surface area contributed by atoms with E-state index in [2.05, 4.69) is 5.32 Å². The zero-order chi connectivity index (χ0) is 15.3. The molecular weight excluding hydrogens is 256 g/mol. The van der Waals surface area contributed by atoms with Crippen LogP contribution in [-0.4, -0.2) is 29.6 Å². The minimum absolute atomic E-state index is 0.188. The maximum atomic E-state index is 12.3. The second-order valence-electron chi connectivity index (χ2n) is 6.50. The highest BCUT2D eigenvalue weighted by molar-refractivity contribution is 5.90. The van der Waals surface area contributed by atoms with Crippen molar-refractivity contribution in [3.8, 4) is 0 Å². The molecule has 0 spiro atoms. The molecule has 1 saturated carbocycles. The van der Waals surface area contributed by atoms with Gasteiger partial charge in [-0.15, -0.1) is 0 Å². The molecule has 0 aromatic carbocycles. The molecule has 1 aliphatic rings. The third-order valence-electron chi connectivity index (χ3n) is 3.60. The van der Waals surface area contributed by atoms with E-state index in [1.165, 1.54) is 0 Å². The van der Waals surface area contributed by atoms with Crippen LogP contribution >= 0.6 is 0 Å². The lowest BCUT2D eigenvalue weighted by Gasteiger charge is -2.27. The second-order valence-corrected chi connectivity index (χ2v) is 6.50. The largest absolute Gasteiger partial charge is 0.461 e. The zero-order valence-electron chi connectivity index (χ0n) is 13.1. The third kappa shape index (κ3) is 4.78. The van der Waals surface area contributed by atoms with Crippen LogP contribution in [0.1, 0.15) is 59.8 Å². The van der Waals surface area contributed by atoms with E-state index in [-0.39, 0.29) is 23.9 Å². The standard InChI is InChI=1S/C15H28N2O3/c1-10(2)9-12(13(18)20-11(3)4)17-14(19)15(16)7-5-6-8-15/h10-12H,5-9,16H2,1-4H3,(H,17,19)/t12-/m0/s1. The van der Waals surface area contributed by atoms with E-state index in [0.717, 1.165) is 12.8 Å². The number of nitrogens with one attached hydrogen (secondary N) is 1. The molecule has 0 radical (unpaired) electrons. The van der Waals surface area contributed by atoms with E-state index in [1.54, 1.807) is 13.8 Å². The molecule has 1 rings (SSSR count). The average molecular weight is 284 g/mol. The van der Waals surface area contributed by atoms with Crippen LogP contribution in [-0.2, 0) is 14.3 Å². The number of esters is 1. The van der Waals surface area contributed by atoms with Gasteiger partial charge in [-0.3, -0.25) is 4.79 Å². The van der Waals surface area contributed by atoms with E-state index < -0.39 is 11.6 Å². The second kappa shape index (κ2) is 7.07. The van der Waals surface area contributed by atoms with Crippen LogP contribution in [0.3, 0.4) is 0 Å². The van der Waals surface area contributed by atoms with Crippen LogP contribution in [0.25, 0.3) is 0 Å². The summed E-state index contributed by atoms with van der Waals surface area (Å²) in [5.41, 5.74) is 5.31. The van der Waals surface area contributed by atoms with E-state index in [1.807, 2.05) is 13.8 Å². The Labute approximate surface area is 121 Å². The van der Waals surface area contributed by atoms with E-state index in [4.69, 9.17) is 10.5 Å². The van der Waals surface area contributed by atoms with Crippen molar-refractivity contribution in [2.45, 2.75) is 77.5 Å². The number of hydrogen-bond donors (Lipinski definition) is 2. The number of amides is 1. The van der Waals surface area contributed by atoms with Crippen LogP contribution in [0.15, 0.2) is 0 Å². The minimum atomic E-state index is -0.812. The quantitative estimate of drug-likeness (QED) is 0.728. The molecule has 0 unspecified atom stereocenters. The molecule has 116 valence electrons. The number of hydrogen-bond acceptors (Lipinski definition) is 4. The molecule has 0 bridgehead atoms. The highest BCUT2D eigenvalue weighted by Gasteiger charge is 2.39. The summed E-state index contributed by atoms with van der Waals surface area (Å²) < 4.78 is 5.22. The summed E-state index contributed by atoms with van der Waals surface area (Å²) >= 11 is 0. The van der Waals surface area contributed by atoms with Gasteiger partial charge in [0.2, 0.25) is 5.91 Å². The fraction of sp³-hybridized carbons (Fsp3) is 0.867. The lowest BCUT2D eigenvalue weighted by atomic mass is 9.96. The van der Waals surface area contributed by atoms with E-state index in [0.29, 0.717) is 19.3 Å². The van der Waals surface area contributed by atoms with Crippen molar-refractivity contribution in [1.29, 1.82) is 0 Å². The topological polar surface area (TPSA) is 81.4 Å². The predicted octanol–water partition coefficient (Wildman–Crippen LogP) is 1.74. The predicted molar refractivity (Wildman–Crippen MR) is 78.0 cm³/mol. The van der Waals surface area contributed by atoms with Gasteiger partial charge >= 0.3 is 5.97 Å². The molecule has 0 heterocycles. The molecule has 20 heavy (non-hydrogen) atoms. The van der Waals surface area contributed by atoms with E-state index >= 15 is 0 Å². The van der Waals surface area contributed by atoms with Crippen molar-refractivity contribution in [2.75, 3.05) is 0 Å². The summed E-state index contributed by atoms with van der Waals surface area (Å²) in [6.07, 6.45) is 3.68. The first kappa shape index (κ1) is 17.0. The van der Waals surface area contributed by atoms with Gasteiger partial charge in [0.05, 0.1) is 11.6 Å². The Balaban J connectivity index is 2.68. The van der Waals surface area contributed by atoms with Crippen LogP contribution in [0.4, 0.5) is 0 Å². The number of carbonyl (C=O) groups is 2. The molecule has 1 atom stereocenters. The summed E-state index contributed by atoms with van der Waals surface area (Å²) in [5, 5.41) is 2.80. The molecule has 5 heteroatoms. The van der Waals surface area contributed by atoms with Crippen LogP contribution < -0.4 is 11.1 Å². The van der Waals surface area contributed by atoms with Gasteiger partial charge in [0.25, 0.3) is 0 Å². The molecule has 0 aromatic rings. The molecule has 0 aromatic heterocycles. The number of ether oxygens (including phenoxy) is 1. The summed E-state index contributed by atoms with van der Waals surface area (Å²) in [4.78, 5) is 24.4. The van der Waals surface area contributed by atoms with Crippen molar-refractivity contribution in [2.24, 2.45) is 11.7 Å². The first-order valence-corrected chi connectivity index (χ1v) is 7.55. The summed E-state index contributed by atoms with van der Waals surface area (Å²) in [7, 11) is 0. The monoisotopic (exact) mass is 284 g/mol. The molecule has 3 N–H and O–H groups in total. The lowest BCUT2D eigenvalue weighted by Crippen LogP contribution is -2.56. The van der Waals surface area contributed by atoms with Crippen LogP contribution in [0.2, 0.25) is 0 Å². The smallest absolute Gasteiger partial charge is 0.328 e. The van der Waals surface area contributed by atoms with Gasteiger partial charge in [-0.2, -0.15) is 0 Å². The third-order valence-corrected chi connectivity index (χ3v) is 3.60. The van der Waals surface area contributed by atoms with Gasteiger partial charge in [0, 0.05) is 0 Å². The van der Waals surface area contributed by atoms with Gasteiger partial charge in [0.1, 0.15) is 6.04 Å². The average Bonchev–Trinajstić information content (AvgIpc) is 2.75. The highest BCUT2D eigenvalue weighted by atomic mass is 16.5. The molecule has 1 fully saturated rings. The minimum Gasteiger partial charge on any atom is -0.461 e. The zero-order valence-corrected chi connectivity index (χ0v) is 13.1. The Bertz CT molecular complexity index is 347. The Morgan fingerprint density at radius 3 is 2.20 bits per heavy atom.